The van der Waals surface area contributed by atoms with Gasteiger partial charge in [0.25, 0.3) is 0 Å². The summed E-state index contributed by atoms with van der Waals surface area (Å²) in [6.07, 6.45) is 1.93. The van der Waals surface area contributed by atoms with Gasteiger partial charge in [0.1, 0.15) is 24.4 Å². The quantitative estimate of drug-likeness (QED) is 0.228. The summed E-state index contributed by atoms with van der Waals surface area (Å²) in [5.41, 5.74) is 4.13. The van der Waals surface area contributed by atoms with Gasteiger partial charge in [0.05, 0.1) is 41.3 Å². The van der Waals surface area contributed by atoms with Crippen molar-refractivity contribution < 1.29 is 29.5 Å². The third-order valence-electron chi connectivity index (χ3n) is 7.08. The van der Waals surface area contributed by atoms with Crippen LogP contribution in [0.1, 0.15) is 25.7 Å². The fourth-order valence-electron chi connectivity index (χ4n) is 5.01. The van der Waals surface area contributed by atoms with Gasteiger partial charge in [0, 0.05) is 26.3 Å². The molecule has 2 aromatic heterocycles. The Balaban J connectivity index is 1.09. The number of fused-ring (bicyclic) bond motifs is 2. The van der Waals surface area contributed by atoms with Gasteiger partial charge in [-0.05, 0) is 49.9 Å². The number of aliphatic hydroxyl groups excluding tert-OH is 3. The molecule has 2 aromatic carbocycles. The van der Waals surface area contributed by atoms with Crippen LogP contribution < -0.4 is 0 Å². The molecule has 10 nitrogen and oxygen atoms in total. The highest BCUT2D eigenvalue weighted by Gasteiger charge is 2.45. The first-order chi connectivity index (χ1) is 18.7. The Morgan fingerprint density at radius 1 is 0.737 bits per heavy atom. The molecule has 10 heteroatoms. The Morgan fingerprint density at radius 2 is 1.26 bits per heavy atom. The van der Waals surface area contributed by atoms with Crippen molar-refractivity contribution in [3.05, 3.63) is 61.2 Å². The Bertz CT molecular complexity index is 1290. The molecule has 5 atom stereocenters. The van der Waals surface area contributed by atoms with Gasteiger partial charge in [0.2, 0.25) is 0 Å². The highest BCUT2D eigenvalue weighted by Crippen LogP contribution is 2.25. The van der Waals surface area contributed by atoms with E-state index in [9.17, 15) is 15.3 Å². The maximum Gasteiger partial charge on any atom is 0.184 e. The lowest BCUT2D eigenvalue weighted by molar-refractivity contribution is -0.303. The van der Waals surface area contributed by atoms with E-state index in [1.165, 1.54) is 0 Å². The van der Waals surface area contributed by atoms with Crippen molar-refractivity contribution in [2.75, 3.05) is 19.8 Å². The van der Waals surface area contributed by atoms with E-state index >= 15 is 0 Å². The standard InChI is InChI=1S/C28H36N4O6/c33-17-24-25(34)26(36-15-7-5-13-31-18-29-20-9-1-3-11-22(20)31)27(28(35)38-24)37-16-8-6-14-32-19-30-21-10-2-4-12-23(21)32/h1-4,9-12,18-19,24-28,33-35H,5-8,13-17H2/t24-,25-,26+,27-,28?/m1/s1. The second kappa shape index (κ2) is 12.8. The van der Waals surface area contributed by atoms with Crippen LogP contribution >= 0.6 is 0 Å². The third kappa shape index (κ3) is 6.06. The highest BCUT2D eigenvalue weighted by atomic mass is 16.7. The molecule has 1 unspecified atom stereocenters. The number of benzene rings is 2. The monoisotopic (exact) mass is 524 g/mol. The van der Waals surface area contributed by atoms with Crippen LogP contribution in [0.5, 0.6) is 0 Å². The van der Waals surface area contributed by atoms with E-state index in [0.717, 1.165) is 60.8 Å². The van der Waals surface area contributed by atoms with Gasteiger partial charge >= 0.3 is 0 Å². The molecule has 0 bridgehead atoms. The Hall–Kier alpha value is -2.86. The molecule has 3 heterocycles. The summed E-state index contributed by atoms with van der Waals surface area (Å²) in [7, 11) is 0. The number of imidazole rings is 2. The average Bonchev–Trinajstić information content (AvgIpc) is 3.55. The molecular formula is C28H36N4O6. The van der Waals surface area contributed by atoms with Gasteiger partial charge < -0.3 is 38.7 Å². The van der Waals surface area contributed by atoms with Gasteiger partial charge in [0.15, 0.2) is 6.29 Å². The first-order valence-electron chi connectivity index (χ1n) is 13.3. The number of hydrogen-bond donors (Lipinski definition) is 3. The molecule has 0 aliphatic carbocycles. The number of aryl methyl sites for hydroxylation is 2. The number of rotatable bonds is 13. The molecule has 38 heavy (non-hydrogen) atoms. The van der Waals surface area contributed by atoms with Crippen LogP contribution in [0.2, 0.25) is 0 Å². The van der Waals surface area contributed by atoms with Crippen LogP contribution in [-0.2, 0) is 27.3 Å². The molecule has 3 N–H and O–H groups in total. The number of para-hydroxylation sites is 4. The fraction of sp³-hybridized carbons (Fsp3) is 0.500. The number of nitrogens with zero attached hydrogens (tertiary/aromatic N) is 4. The van der Waals surface area contributed by atoms with Crippen molar-refractivity contribution in [1.29, 1.82) is 0 Å². The van der Waals surface area contributed by atoms with Crippen LogP contribution in [0.4, 0.5) is 0 Å². The molecule has 0 radical (unpaired) electrons. The second-order valence-corrected chi connectivity index (χ2v) is 9.68. The van der Waals surface area contributed by atoms with Gasteiger partial charge in [-0.2, -0.15) is 0 Å². The zero-order chi connectivity index (χ0) is 26.3. The number of aliphatic hydroxyl groups is 3. The van der Waals surface area contributed by atoms with Crippen molar-refractivity contribution in [3.8, 4) is 0 Å². The summed E-state index contributed by atoms with van der Waals surface area (Å²) >= 11 is 0. The summed E-state index contributed by atoms with van der Waals surface area (Å²) in [5, 5.41) is 30.9. The van der Waals surface area contributed by atoms with Gasteiger partial charge in [-0.15, -0.1) is 0 Å². The Labute approximate surface area is 221 Å². The highest BCUT2D eigenvalue weighted by molar-refractivity contribution is 5.75. The number of ether oxygens (including phenoxy) is 3. The maximum absolute atomic E-state index is 10.7. The van der Waals surface area contributed by atoms with Crippen molar-refractivity contribution in [2.24, 2.45) is 0 Å². The summed E-state index contributed by atoms with van der Waals surface area (Å²) < 4.78 is 21.6. The molecular weight excluding hydrogens is 488 g/mol. The Morgan fingerprint density at radius 3 is 1.82 bits per heavy atom. The molecule has 0 amide bonds. The normalized spacial score (nSPS) is 23.9. The van der Waals surface area contributed by atoms with Crippen LogP contribution in [0.25, 0.3) is 22.1 Å². The second-order valence-electron chi connectivity index (χ2n) is 9.68. The summed E-state index contributed by atoms with van der Waals surface area (Å²) in [6.45, 7) is 1.94. The molecule has 4 aromatic rings. The summed E-state index contributed by atoms with van der Waals surface area (Å²) in [6, 6.07) is 16.0. The SMILES string of the molecule is OC[C@H]1OC(O)[C@H](OCCCCn2cnc3ccccc32)[C@@H](OCCCCn2cnc3ccccc32)[C@@H]1O. The van der Waals surface area contributed by atoms with E-state index < -0.39 is 37.3 Å². The zero-order valence-corrected chi connectivity index (χ0v) is 21.4. The lowest BCUT2D eigenvalue weighted by Gasteiger charge is -2.42. The first kappa shape index (κ1) is 26.7. The maximum atomic E-state index is 10.7. The topological polar surface area (TPSA) is 124 Å². The fourth-order valence-corrected chi connectivity index (χ4v) is 5.01. The molecule has 0 spiro atoms. The van der Waals surface area contributed by atoms with E-state index in [-0.39, 0.29) is 0 Å². The lowest BCUT2D eigenvalue weighted by Crippen LogP contribution is -2.60. The largest absolute Gasteiger partial charge is 0.394 e. The molecule has 1 aliphatic heterocycles. The van der Waals surface area contributed by atoms with E-state index in [2.05, 4.69) is 19.1 Å². The molecule has 0 saturated carbocycles. The van der Waals surface area contributed by atoms with Gasteiger partial charge in [-0.3, -0.25) is 0 Å². The lowest BCUT2D eigenvalue weighted by atomic mass is 9.98. The van der Waals surface area contributed by atoms with Crippen LogP contribution in [0.15, 0.2) is 61.2 Å². The smallest absolute Gasteiger partial charge is 0.184 e. The third-order valence-corrected chi connectivity index (χ3v) is 7.08. The van der Waals surface area contributed by atoms with Crippen molar-refractivity contribution in [2.45, 2.75) is 69.5 Å². The minimum Gasteiger partial charge on any atom is -0.394 e. The van der Waals surface area contributed by atoms with Crippen LogP contribution in [0.3, 0.4) is 0 Å². The van der Waals surface area contributed by atoms with E-state index in [4.69, 9.17) is 14.2 Å². The van der Waals surface area contributed by atoms with Crippen molar-refractivity contribution in [3.63, 3.8) is 0 Å². The number of aromatic nitrogens is 4. The van der Waals surface area contributed by atoms with Gasteiger partial charge in [-0.1, -0.05) is 24.3 Å². The minimum atomic E-state index is -1.30. The minimum absolute atomic E-state index is 0.377. The van der Waals surface area contributed by atoms with Gasteiger partial charge in [-0.25, -0.2) is 9.97 Å². The Kier molecular flexibility index (Phi) is 9.00. The molecule has 1 saturated heterocycles. The van der Waals surface area contributed by atoms with E-state index in [0.29, 0.717) is 13.2 Å². The molecule has 5 rings (SSSR count). The molecule has 1 fully saturated rings. The molecule has 1 aliphatic rings. The first-order valence-corrected chi connectivity index (χ1v) is 13.3. The average molecular weight is 525 g/mol. The van der Waals surface area contributed by atoms with E-state index in [1.807, 2.05) is 61.2 Å². The molecule has 204 valence electrons. The zero-order valence-electron chi connectivity index (χ0n) is 21.4. The van der Waals surface area contributed by atoms with Crippen LogP contribution in [0, 0.1) is 0 Å². The summed E-state index contributed by atoms with van der Waals surface area (Å²) in [5.74, 6) is 0. The predicted molar refractivity (Wildman–Crippen MR) is 141 cm³/mol. The predicted octanol–water partition coefficient (Wildman–Crippen LogP) is 2.49. The van der Waals surface area contributed by atoms with Crippen molar-refractivity contribution in [1.82, 2.24) is 19.1 Å². The number of hydrogen-bond acceptors (Lipinski definition) is 8. The van der Waals surface area contributed by atoms with E-state index in [1.54, 1.807) is 0 Å². The van der Waals surface area contributed by atoms with Crippen molar-refractivity contribution >= 4 is 22.1 Å². The van der Waals surface area contributed by atoms with Crippen LogP contribution in [-0.4, -0.2) is 84.9 Å². The number of unbranched alkanes of at least 4 members (excludes halogenated alkanes) is 2. The summed E-state index contributed by atoms with van der Waals surface area (Å²) in [4.78, 5) is 8.84.